The van der Waals surface area contributed by atoms with Gasteiger partial charge in [0.1, 0.15) is 7.05 Å². The Balaban J connectivity index is 2.15. The molecule has 1 heterocycles. The fourth-order valence-corrected chi connectivity index (χ4v) is 3.12. The topological polar surface area (TPSA) is 3.88 Å². The Kier molecular flexibility index (Phi) is 3.98. The Morgan fingerprint density at radius 3 is 2.45 bits per heavy atom. The highest BCUT2D eigenvalue weighted by Gasteiger charge is 2.13. The van der Waals surface area contributed by atoms with Crippen molar-refractivity contribution in [1.82, 2.24) is 0 Å². The van der Waals surface area contributed by atoms with Crippen LogP contribution in [0.25, 0.3) is 22.0 Å². The third kappa shape index (κ3) is 2.89. The van der Waals surface area contributed by atoms with E-state index >= 15 is 0 Å². The highest BCUT2D eigenvalue weighted by Crippen LogP contribution is 2.24. The van der Waals surface area contributed by atoms with Crippen molar-refractivity contribution in [3.63, 3.8) is 0 Å². The Hall–Kier alpha value is -2.15. The lowest BCUT2D eigenvalue weighted by Gasteiger charge is -2.08. The van der Waals surface area contributed by atoms with E-state index in [1.807, 2.05) is 0 Å². The van der Waals surface area contributed by atoms with Crippen LogP contribution in [0.4, 0.5) is 0 Å². The molecule has 3 rings (SSSR count). The molecule has 0 amide bonds. The van der Waals surface area contributed by atoms with Gasteiger partial charge in [0.05, 0.1) is 0 Å². The van der Waals surface area contributed by atoms with Gasteiger partial charge < -0.3 is 0 Å². The molecule has 112 valence electrons. The van der Waals surface area contributed by atoms with E-state index in [1.165, 1.54) is 33.2 Å². The number of aryl methyl sites for hydroxylation is 2. The first-order chi connectivity index (χ1) is 10.5. The first-order valence-corrected chi connectivity index (χ1v) is 8.03. The molecule has 0 unspecified atom stereocenters. The number of fused-ring (bicyclic) bond motifs is 1. The van der Waals surface area contributed by atoms with Crippen LogP contribution < -0.4 is 4.57 Å². The molecule has 1 heteroatoms. The van der Waals surface area contributed by atoms with Gasteiger partial charge in [0.2, 0.25) is 5.69 Å². The highest BCUT2D eigenvalue weighted by atomic mass is 14.9. The average Bonchev–Trinajstić information content (AvgIpc) is 2.47. The van der Waals surface area contributed by atoms with Gasteiger partial charge in [-0.2, -0.15) is 0 Å². The monoisotopic (exact) mass is 290 g/mol. The molecule has 0 atom stereocenters. The predicted octanol–water partition coefficient (Wildman–Crippen LogP) is 4.84. The SMILES string of the molecule is Cc1ccccc1-c1cc2cc(CC(C)C)ccc2c[n+]1C. The van der Waals surface area contributed by atoms with Crippen molar-refractivity contribution in [3.8, 4) is 11.3 Å². The Morgan fingerprint density at radius 2 is 1.73 bits per heavy atom. The van der Waals surface area contributed by atoms with Gasteiger partial charge in [-0.25, -0.2) is 4.57 Å². The van der Waals surface area contributed by atoms with Gasteiger partial charge >= 0.3 is 0 Å². The zero-order valence-corrected chi connectivity index (χ0v) is 13.9. The van der Waals surface area contributed by atoms with E-state index in [9.17, 15) is 0 Å². The number of rotatable bonds is 3. The molecular formula is C21H24N+. The molecule has 0 spiro atoms. The average molecular weight is 290 g/mol. The second-order valence-corrected chi connectivity index (χ2v) is 6.65. The Labute approximate surface area is 133 Å². The van der Waals surface area contributed by atoms with E-state index in [0.717, 1.165) is 6.42 Å². The molecule has 0 N–H and O–H groups in total. The smallest absolute Gasteiger partial charge is 0.200 e. The fraction of sp³-hybridized carbons (Fsp3) is 0.286. The van der Waals surface area contributed by atoms with Crippen molar-refractivity contribution in [2.45, 2.75) is 27.2 Å². The van der Waals surface area contributed by atoms with E-state index in [1.54, 1.807) is 0 Å². The number of aromatic nitrogens is 1. The largest absolute Gasteiger partial charge is 0.213 e. The van der Waals surface area contributed by atoms with Gasteiger partial charge in [-0.05, 0) is 47.9 Å². The molecule has 0 saturated heterocycles. The van der Waals surface area contributed by atoms with Crippen molar-refractivity contribution in [3.05, 3.63) is 65.9 Å². The van der Waals surface area contributed by atoms with Gasteiger partial charge in [0.15, 0.2) is 6.20 Å². The van der Waals surface area contributed by atoms with Crippen LogP contribution in [-0.2, 0) is 13.5 Å². The molecule has 0 aliphatic rings. The first-order valence-electron chi connectivity index (χ1n) is 8.03. The van der Waals surface area contributed by atoms with Crippen molar-refractivity contribution >= 4 is 10.8 Å². The summed E-state index contributed by atoms with van der Waals surface area (Å²) in [5.74, 6) is 0.688. The Bertz CT molecular complexity index is 815. The summed E-state index contributed by atoms with van der Waals surface area (Å²) >= 11 is 0. The van der Waals surface area contributed by atoms with Gasteiger partial charge in [-0.15, -0.1) is 0 Å². The van der Waals surface area contributed by atoms with Crippen LogP contribution in [0.3, 0.4) is 0 Å². The summed E-state index contributed by atoms with van der Waals surface area (Å²) in [5, 5.41) is 2.63. The van der Waals surface area contributed by atoms with Crippen LogP contribution in [0, 0.1) is 12.8 Å². The molecule has 22 heavy (non-hydrogen) atoms. The van der Waals surface area contributed by atoms with Crippen LogP contribution in [0.2, 0.25) is 0 Å². The fourth-order valence-electron chi connectivity index (χ4n) is 3.12. The third-order valence-corrected chi connectivity index (χ3v) is 4.22. The van der Waals surface area contributed by atoms with Gasteiger partial charge in [0, 0.05) is 17.0 Å². The highest BCUT2D eigenvalue weighted by molar-refractivity contribution is 5.84. The van der Waals surface area contributed by atoms with E-state index < -0.39 is 0 Å². The minimum absolute atomic E-state index is 0.688. The normalized spacial score (nSPS) is 11.3. The van der Waals surface area contributed by atoms with Crippen LogP contribution in [0.5, 0.6) is 0 Å². The van der Waals surface area contributed by atoms with Crippen LogP contribution >= 0.6 is 0 Å². The quantitative estimate of drug-likeness (QED) is 0.608. The third-order valence-electron chi connectivity index (χ3n) is 4.22. The summed E-state index contributed by atoms with van der Waals surface area (Å²) in [4.78, 5) is 0. The van der Waals surface area contributed by atoms with E-state index in [4.69, 9.17) is 0 Å². The molecular weight excluding hydrogens is 266 g/mol. The summed E-state index contributed by atoms with van der Waals surface area (Å²) in [7, 11) is 2.13. The maximum Gasteiger partial charge on any atom is 0.213 e. The van der Waals surface area contributed by atoms with Gasteiger partial charge in [0.25, 0.3) is 0 Å². The maximum atomic E-state index is 2.34. The molecule has 2 aromatic carbocycles. The van der Waals surface area contributed by atoms with Gasteiger partial charge in [-0.3, -0.25) is 0 Å². The number of benzene rings is 2. The second-order valence-electron chi connectivity index (χ2n) is 6.65. The zero-order chi connectivity index (χ0) is 15.7. The van der Waals surface area contributed by atoms with Crippen molar-refractivity contribution in [2.24, 2.45) is 13.0 Å². The van der Waals surface area contributed by atoms with Crippen molar-refractivity contribution in [1.29, 1.82) is 0 Å². The minimum atomic E-state index is 0.688. The van der Waals surface area contributed by atoms with E-state index in [-0.39, 0.29) is 0 Å². The standard InChI is InChI=1S/C21H24N/c1-15(2)11-17-9-10-18-14-22(4)21(13-19(18)12-17)20-8-6-5-7-16(20)3/h5-10,12-15H,11H2,1-4H3/q+1. The summed E-state index contributed by atoms with van der Waals surface area (Å²) in [6.07, 6.45) is 3.37. The van der Waals surface area contributed by atoms with E-state index in [2.05, 4.69) is 87.1 Å². The number of pyridine rings is 1. The summed E-state index contributed by atoms with van der Waals surface area (Å²) in [5.41, 5.74) is 5.32. The molecule has 1 nitrogen and oxygen atoms in total. The molecule has 1 aromatic heterocycles. The molecule has 3 aromatic rings. The lowest BCUT2D eigenvalue weighted by Crippen LogP contribution is -2.30. The lowest BCUT2D eigenvalue weighted by atomic mass is 9.98. The molecule has 0 saturated carbocycles. The van der Waals surface area contributed by atoms with Crippen molar-refractivity contribution < 1.29 is 4.57 Å². The minimum Gasteiger partial charge on any atom is -0.200 e. The predicted molar refractivity (Wildman–Crippen MR) is 93.8 cm³/mol. The summed E-state index contributed by atoms with van der Waals surface area (Å²) in [6, 6.07) is 17.8. The first kappa shape index (κ1) is 14.8. The molecule has 0 radical (unpaired) electrons. The van der Waals surface area contributed by atoms with Gasteiger partial charge in [-0.1, -0.05) is 44.2 Å². The second kappa shape index (κ2) is 5.92. The zero-order valence-electron chi connectivity index (χ0n) is 13.9. The molecule has 0 aliphatic carbocycles. The Morgan fingerprint density at radius 1 is 0.955 bits per heavy atom. The number of hydrogen-bond donors (Lipinski definition) is 0. The summed E-state index contributed by atoms with van der Waals surface area (Å²) in [6.45, 7) is 6.72. The van der Waals surface area contributed by atoms with Crippen molar-refractivity contribution in [2.75, 3.05) is 0 Å². The van der Waals surface area contributed by atoms with Crippen LogP contribution in [0.1, 0.15) is 25.0 Å². The maximum absolute atomic E-state index is 2.34. The van der Waals surface area contributed by atoms with Crippen LogP contribution in [0.15, 0.2) is 54.7 Å². The number of hydrogen-bond acceptors (Lipinski definition) is 0. The lowest BCUT2D eigenvalue weighted by molar-refractivity contribution is -0.659. The molecule has 0 fully saturated rings. The molecule has 0 bridgehead atoms. The van der Waals surface area contributed by atoms with E-state index in [0.29, 0.717) is 5.92 Å². The van der Waals surface area contributed by atoms with Crippen LogP contribution in [-0.4, -0.2) is 0 Å². The molecule has 0 aliphatic heterocycles. The number of nitrogens with zero attached hydrogens (tertiary/aromatic N) is 1. The summed E-state index contributed by atoms with van der Waals surface area (Å²) < 4.78 is 2.23.